The van der Waals surface area contributed by atoms with Crippen molar-refractivity contribution in [3.8, 4) is 6.07 Å². The molecule has 0 aromatic heterocycles. The largest absolute Gasteiger partial charge is 0.459 e. The summed E-state index contributed by atoms with van der Waals surface area (Å²) in [5.41, 5.74) is -9.40. The summed E-state index contributed by atoms with van der Waals surface area (Å²) in [7, 11) is 0. The number of aliphatic hydroxyl groups is 3. The lowest BCUT2D eigenvalue weighted by atomic mass is 9.46. The number of fused-ring (bicyclic) bond motifs is 3. The molecule has 30 heteroatoms. The van der Waals surface area contributed by atoms with Gasteiger partial charge in [-0.15, -0.1) is 0 Å². The molecule has 20 aliphatic carbocycles. The number of nitrogens with one attached hydrogen (secondary N) is 1. The van der Waals surface area contributed by atoms with Gasteiger partial charge < -0.3 is 77.5 Å². The molecule has 23 aliphatic rings. The molecule has 19 atom stereocenters. The summed E-state index contributed by atoms with van der Waals surface area (Å²) in [5, 5.41) is 44.4. The first-order chi connectivity index (χ1) is 69.3. The molecule has 149 heavy (non-hydrogen) atoms. The molecule has 18 bridgehead atoms. The maximum atomic E-state index is 13.3. The molecule has 30 nitrogen and oxygen atoms in total. The van der Waals surface area contributed by atoms with E-state index in [0.29, 0.717) is 69.6 Å². The molecule has 4 N–H and O–H groups in total. The molecule has 23 fully saturated rings. The Morgan fingerprint density at radius 1 is 0.389 bits per heavy atom. The van der Waals surface area contributed by atoms with E-state index < -0.39 is 127 Å². The number of ether oxygens (including phenoxy) is 12. The van der Waals surface area contributed by atoms with Crippen LogP contribution >= 0.6 is 0 Å². The van der Waals surface area contributed by atoms with Crippen LogP contribution in [0.15, 0.2) is 0 Å². The minimum Gasteiger partial charge on any atom is -0.459 e. The Labute approximate surface area is 886 Å². The lowest BCUT2D eigenvalue weighted by Crippen LogP contribution is -2.67. The second kappa shape index (κ2) is 42.5. The molecule has 19 unspecified atom stereocenters. The highest BCUT2D eigenvalue weighted by Gasteiger charge is 2.77. The molecule has 0 aromatic carbocycles. The van der Waals surface area contributed by atoms with Crippen LogP contribution < -0.4 is 5.32 Å². The van der Waals surface area contributed by atoms with Crippen molar-refractivity contribution in [1.29, 1.82) is 5.26 Å². The van der Waals surface area contributed by atoms with Gasteiger partial charge in [0.25, 0.3) is 0 Å². The molecule has 0 aromatic rings. The second-order valence-electron chi connectivity index (χ2n) is 55.7. The van der Waals surface area contributed by atoms with Gasteiger partial charge in [-0.3, -0.25) is 52.7 Å². The third-order valence-corrected chi connectivity index (χ3v) is 41.9. The van der Waals surface area contributed by atoms with Crippen LogP contribution in [0.1, 0.15) is 436 Å². The van der Waals surface area contributed by atoms with Gasteiger partial charge in [0, 0.05) is 66.1 Å². The number of nitrogens with zero attached hydrogens (tertiary/aromatic N) is 1. The fourth-order valence-electron chi connectivity index (χ4n) is 30.6. The number of nitriles is 1. The number of rotatable bonds is 30. The van der Waals surface area contributed by atoms with Crippen molar-refractivity contribution in [3.63, 3.8) is 0 Å². The van der Waals surface area contributed by atoms with Gasteiger partial charge >= 0.3 is 71.6 Å². The van der Waals surface area contributed by atoms with Gasteiger partial charge in [0.05, 0.1) is 67.3 Å². The highest BCUT2D eigenvalue weighted by Crippen LogP contribution is 2.69. The number of hydrogen-bond donors (Lipinski definition) is 4. The Hall–Kier alpha value is -7.52. The zero-order valence-electron chi connectivity index (χ0n) is 94.9. The van der Waals surface area contributed by atoms with Crippen molar-refractivity contribution in [3.05, 3.63) is 0 Å². The highest BCUT2D eigenvalue weighted by atomic mass is 16.6. The smallest absolute Gasteiger partial charge is 0.344 e. The summed E-state index contributed by atoms with van der Waals surface area (Å²) >= 11 is 0. The predicted octanol–water partition coefficient (Wildman–Crippen LogP) is 19.8. The number of carbonyl (C=O) groups excluding carboxylic acids is 13. The van der Waals surface area contributed by atoms with Crippen LogP contribution in [-0.4, -0.2) is 187 Å². The third kappa shape index (κ3) is 23.2. The lowest BCUT2D eigenvalue weighted by Gasteiger charge is -2.62. The van der Waals surface area contributed by atoms with Crippen LogP contribution in [0.5, 0.6) is 0 Å². The molecule has 3 heterocycles. The molecule has 23 rings (SSSR count). The zero-order valence-corrected chi connectivity index (χ0v) is 94.9. The van der Waals surface area contributed by atoms with E-state index in [-0.39, 0.29) is 147 Å². The van der Waals surface area contributed by atoms with Crippen molar-refractivity contribution >= 4 is 77.5 Å². The first-order valence-corrected chi connectivity index (χ1v) is 57.7. The van der Waals surface area contributed by atoms with E-state index in [2.05, 4.69) is 39.1 Å². The van der Waals surface area contributed by atoms with E-state index in [1.165, 1.54) is 57.8 Å². The van der Waals surface area contributed by atoms with Crippen molar-refractivity contribution in [2.75, 3.05) is 13.2 Å². The zero-order chi connectivity index (χ0) is 110. The maximum Gasteiger partial charge on any atom is 0.344 e. The summed E-state index contributed by atoms with van der Waals surface area (Å²) < 4.78 is 67.0. The standard InChI is InChI=1S/C22H33NO5.C19H32O2.C17H21NO6.C16H22O6.C16H26O4.C16H26O3.C13H24O2/c1-5-20(3,4)17(24)23-15-13-11-14-16(15)27-18(25)22(14,12-13)19(26)28-21(6-2)9-7-8-10-21;1-6-17(2,3)16(20)21-18(4,5)19-10-13-7-14(11-19)9-15(8-13)12-19;1-4-16(2,3)14(20)22-7-11(19)23-12-9-5-10-13(12)24-15(21)17(10,6-9)8-18;1-4-16(2,3)15(19)20-7-11(17)21-12-8-5-9-10(6-8)14(18)22-13(9)12;1-4-13(2,3)12(17)20-16-7-11-5-14(18,9-16)8-15(19,6-11)10-16;1-4-14(2,3)13(17)19-16-8-11-5-12(9-16)7-15(18,6-11)10-16;1-5-12(3,4)11(14)15-13(6-2)9-7-8-10-13/h13-16H,5-12H2,1-4H3,(H,23,24);13-15H,6-12H2,1-5H3;9-10,12-13H,4-7H2,1-3H3;8-10,12-13H,4-7H2,1-3H3;11,18-19H,4-10H2,1-3H3;11-12,18H,4-10H2,1-3H3;5-10H2,1-4H3. The summed E-state index contributed by atoms with van der Waals surface area (Å²) in [5.74, 6) is 0.212. The molecule has 3 saturated heterocycles. The molecule has 838 valence electrons. The Morgan fingerprint density at radius 3 is 1.26 bits per heavy atom. The van der Waals surface area contributed by atoms with Gasteiger partial charge in [0.15, 0.2) is 24.0 Å². The first-order valence-electron chi connectivity index (χ1n) is 57.7. The topological polar surface area (TPSA) is 429 Å². The minimum absolute atomic E-state index is 0.00636. The van der Waals surface area contributed by atoms with Crippen molar-refractivity contribution in [2.24, 2.45) is 131 Å². The first kappa shape index (κ1) is 117. The number of esters is 12. The third-order valence-electron chi connectivity index (χ3n) is 41.9. The summed E-state index contributed by atoms with van der Waals surface area (Å²) in [6.07, 6.45) is 34.4. The summed E-state index contributed by atoms with van der Waals surface area (Å²) in [4.78, 5) is 159. The number of amides is 1. The lowest BCUT2D eigenvalue weighted by molar-refractivity contribution is -0.264. The number of hydrogen-bond acceptors (Lipinski definition) is 29. The average molecular weight is 2090 g/mol. The molecule has 20 saturated carbocycles. The van der Waals surface area contributed by atoms with E-state index >= 15 is 0 Å². The summed E-state index contributed by atoms with van der Waals surface area (Å²) in [6.45, 7) is 48.0. The normalized spacial score (nSPS) is 37.6. The van der Waals surface area contributed by atoms with Gasteiger partial charge in [0.2, 0.25) is 5.91 Å². The molecule has 0 radical (unpaired) electrons. The maximum absolute atomic E-state index is 13.3. The predicted molar refractivity (Wildman–Crippen MR) is 549 cm³/mol. The van der Waals surface area contributed by atoms with Crippen LogP contribution in [-0.2, 0) is 119 Å². The van der Waals surface area contributed by atoms with E-state index in [0.717, 1.165) is 165 Å². The van der Waals surface area contributed by atoms with Crippen LogP contribution in [0, 0.1) is 142 Å². The van der Waals surface area contributed by atoms with E-state index in [1.54, 1.807) is 27.7 Å². The van der Waals surface area contributed by atoms with Crippen molar-refractivity contribution in [1.82, 2.24) is 5.32 Å². The van der Waals surface area contributed by atoms with Crippen molar-refractivity contribution in [2.45, 2.75) is 518 Å². The van der Waals surface area contributed by atoms with Crippen molar-refractivity contribution < 1.29 is 134 Å². The van der Waals surface area contributed by atoms with Gasteiger partial charge in [-0.1, -0.05) is 76.2 Å². The minimum atomic E-state index is -1.15. The molecule has 0 spiro atoms. The monoisotopic (exact) mass is 2090 g/mol. The van der Waals surface area contributed by atoms with E-state index in [1.807, 2.05) is 118 Å². The Bertz CT molecular complexity index is 4960. The Kier molecular flexibility index (Phi) is 33.4. The van der Waals surface area contributed by atoms with Gasteiger partial charge in [-0.2, -0.15) is 5.26 Å². The molecule has 3 aliphatic heterocycles. The summed E-state index contributed by atoms with van der Waals surface area (Å²) in [6, 6.07) is 1.91. The quantitative estimate of drug-likeness (QED) is 0.0295. The SMILES string of the molecule is CCC(C)(C)C(=O)OC(C)(C)C12CC3CC(CC(C3)C1)C2.CCC(C)(C)C(=O)OC12CC3CC(CC(O)(C3)C1)C2.CCC(C)(C)C(=O)OC12CC3CC(O)(CC(O)(C3)C1)C2.CCC(C)(C)C(=O)OCC(=O)OC1C2CC3C(=O)OC1C3C2.CCC(C)(C)C(=O)OCC(=O)OC1C2CC3C1OC(=O)C3(C#N)C2.CCC1(OC(=O)C(C)(C)CC)CCCC1.CCC1(OC(=O)C23CC4CC2C(OC3=O)C4NC(=O)C(C)(C)CC)CCCC1. The Balaban J connectivity index is 0.000000138. The van der Waals surface area contributed by atoms with Gasteiger partial charge in [-0.05, 0) is 376 Å². The van der Waals surface area contributed by atoms with Crippen LogP contribution in [0.4, 0.5) is 0 Å². The average Bonchev–Trinajstić information content (AvgIpc) is 1.44. The molecular weight excluding hydrogens is 1910 g/mol. The number of carbonyl (C=O) groups is 13. The van der Waals surface area contributed by atoms with Crippen LogP contribution in [0.25, 0.3) is 0 Å². The fourth-order valence-corrected chi connectivity index (χ4v) is 30.6. The highest BCUT2D eigenvalue weighted by molar-refractivity contribution is 6.03. The van der Waals surface area contributed by atoms with E-state index in [4.69, 9.17) is 56.8 Å². The fraction of sp³-hybridized carbons (Fsp3) is 0.882. The van der Waals surface area contributed by atoms with E-state index in [9.17, 15) is 82.9 Å². The van der Waals surface area contributed by atoms with Gasteiger partial charge in [0.1, 0.15) is 58.5 Å². The Morgan fingerprint density at radius 2 is 0.799 bits per heavy atom. The van der Waals surface area contributed by atoms with Gasteiger partial charge in [-0.25, -0.2) is 9.59 Å². The van der Waals surface area contributed by atoms with Crippen LogP contribution in [0.2, 0.25) is 0 Å². The second-order valence-corrected chi connectivity index (χ2v) is 55.7. The molecular formula is C119H184N2O28. The molecule has 1 amide bonds. The van der Waals surface area contributed by atoms with Crippen LogP contribution in [0.3, 0.4) is 0 Å².